The molecule has 1 aliphatic heterocycles. The summed E-state index contributed by atoms with van der Waals surface area (Å²) in [6.45, 7) is 2.03. The number of hydrogen-bond acceptors (Lipinski definition) is 38. The number of carbonyl (C=O) groups is 4. The number of esters is 3. The first-order valence-electron chi connectivity index (χ1n) is 43.8. The summed E-state index contributed by atoms with van der Waals surface area (Å²) in [5.74, 6) is -8.15. The standard InChI is InChI=1S/C13H17FN4.3C11H12FN3O2.C10H10FN3O2.5C9H10FN3/c14-12-5-4-6-13(11-12)17-15-7-8-16-18-9-2-1-3-10-18;3*1-13-6-7-14-15-9-5-3-4-8(12)10(9)11(16)17-2;1-12-5-6-13-14-8-4-2-3-7(11)9(8)10(15)16;5*1-11-5-6-12-13-9-4-2-3-8(10)7-9/h4-8,11,17H,1-3,9-10H2;3*3-7,15H,1-2H3;2-6,14H,1H3,(H,15,16);5*2-7,13H,1H3/b15-7+,16-8+;3*13-6?,14-7+;12-5?,13-6+;5*11-5?,12-6+. The van der Waals surface area contributed by atoms with Gasteiger partial charge >= 0.3 is 23.9 Å². The van der Waals surface area contributed by atoms with E-state index in [1.54, 1.807) is 149 Å². The summed E-state index contributed by atoms with van der Waals surface area (Å²) in [7, 11) is 18.1. The zero-order valence-electron chi connectivity index (χ0n) is 83.3. The monoisotopic (exact) mass is 2080 g/mol. The van der Waals surface area contributed by atoms with E-state index in [-0.39, 0.29) is 74.3 Å². The molecule has 0 aliphatic carbocycles. The van der Waals surface area contributed by atoms with Crippen molar-refractivity contribution in [3.05, 3.63) is 299 Å². The molecular formula is C101H113F10N31O8. The van der Waals surface area contributed by atoms with Gasteiger partial charge in [0, 0.05) is 132 Å². The Morgan fingerprint density at radius 2 is 0.427 bits per heavy atom. The normalized spacial score (nSPS) is 11.8. The maximum Gasteiger partial charge on any atom is 0.343 e. The molecule has 0 unspecified atom stereocenters. The highest BCUT2D eigenvalue weighted by molar-refractivity contribution is 6.19. The molecule has 790 valence electrons. The van der Waals surface area contributed by atoms with Gasteiger partial charge in [0.25, 0.3) is 0 Å². The van der Waals surface area contributed by atoms with E-state index >= 15 is 0 Å². The molecule has 1 saturated heterocycles. The number of carbonyl (C=O) groups excluding carboxylic acids is 3. The molecule has 49 heteroatoms. The second-order valence-electron chi connectivity index (χ2n) is 27.3. The number of piperidine rings is 1. The molecule has 0 spiro atoms. The molecular weight excluding hydrogens is 1970 g/mol. The lowest BCUT2D eigenvalue weighted by Gasteiger charge is -2.22. The van der Waals surface area contributed by atoms with Crippen molar-refractivity contribution in [2.24, 2.45) is 101 Å². The third-order valence-corrected chi connectivity index (χ3v) is 16.6. The first-order valence-corrected chi connectivity index (χ1v) is 43.8. The van der Waals surface area contributed by atoms with Gasteiger partial charge in [0.1, 0.15) is 80.4 Å². The van der Waals surface area contributed by atoms with E-state index in [0.29, 0.717) is 34.1 Å². The molecule has 11 rings (SSSR count). The maximum atomic E-state index is 13.4. The molecule has 1 aliphatic rings. The molecule has 11 N–H and O–H groups in total. The van der Waals surface area contributed by atoms with Crippen molar-refractivity contribution in [2.75, 3.05) is 152 Å². The average Bonchev–Trinajstić information content (AvgIpc) is 0.850. The van der Waals surface area contributed by atoms with Crippen LogP contribution in [-0.4, -0.2) is 256 Å². The number of hydrazone groups is 11. The summed E-state index contributed by atoms with van der Waals surface area (Å²) < 4.78 is 143. The quantitative estimate of drug-likeness (QED) is 0.00578. The Kier molecular flexibility index (Phi) is 69.3. The van der Waals surface area contributed by atoms with Crippen LogP contribution in [0.15, 0.2) is 319 Å². The number of rotatable bonds is 35. The van der Waals surface area contributed by atoms with E-state index in [0.717, 1.165) is 19.2 Å². The smallest absolute Gasteiger partial charge is 0.343 e. The predicted octanol–water partition coefficient (Wildman–Crippen LogP) is 19.1. The number of methoxy groups -OCH3 is 3. The van der Waals surface area contributed by atoms with E-state index in [2.05, 4.69) is 170 Å². The maximum absolute atomic E-state index is 13.4. The minimum absolute atomic E-state index is 0.0910. The second kappa shape index (κ2) is 82.1. The largest absolute Gasteiger partial charge is 0.478 e. The van der Waals surface area contributed by atoms with E-state index < -0.39 is 52.7 Å². The SMILES string of the molecule is CN=C/C=N/Nc1cccc(F)c1.CN=C/C=N/Nc1cccc(F)c1.CN=C/C=N/Nc1cccc(F)c1.CN=C/C=N/Nc1cccc(F)c1.CN=C/C=N/Nc1cccc(F)c1.CN=C/C=N/Nc1cccc(F)c1C(=O)O.CN=C/C=N/Nc1cccc(F)c1C(=O)OC.CN=C/C=N/Nc1cccc(F)c1C(=O)OC.CN=C/C=N/Nc1cccc(F)c1C(=O)OC.Fc1cccc(N/N=C/C=N/N2CCCCC2)c1. The number of nitrogens with one attached hydrogen (secondary N) is 10. The molecule has 0 bridgehead atoms. The van der Waals surface area contributed by atoms with Crippen LogP contribution in [0.3, 0.4) is 0 Å². The summed E-state index contributed by atoms with van der Waals surface area (Å²) in [6.07, 6.45) is 33.3. The number of benzene rings is 10. The van der Waals surface area contributed by atoms with Gasteiger partial charge in [-0.2, -0.15) is 56.1 Å². The van der Waals surface area contributed by atoms with Crippen LogP contribution < -0.4 is 54.3 Å². The van der Waals surface area contributed by atoms with Gasteiger partial charge in [-0.3, -0.25) is 104 Å². The van der Waals surface area contributed by atoms with Crippen LogP contribution in [0.2, 0.25) is 0 Å². The summed E-state index contributed by atoms with van der Waals surface area (Å²) >= 11 is 0. The molecule has 10 aromatic carbocycles. The minimum atomic E-state index is -1.35. The van der Waals surface area contributed by atoms with Crippen LogP contribution in [0.4, 0.5) is 101 Å². The highest BCUT2D eigenvalue weighted by atomic mass is 19.2. The molecule has 1 fully saturated rings. The van der Waals surface area contributed by atoms with Gasteiger partial charge < -0.3 is 19.3 Å². The molecule has 39 nitrogen and oxygen atoms in total. The predicted molar refractivity (Wildman–Crippen MR) is 590 cm³/mol. The number of ether oxygens (including phenoxy) is 3. The summed E-state index contributed by atoms with van der Waals surface area (Å²) in [6, 6.07) is 52.9. The number of anilines is 10. The number of hydrogen-bond donors (Lipinski definition) is 11. The zero-order valence-corrected chi connectivity index (χ0v) is 83.3. The number of nitrogens with zero attached hydrogens (tertiary/aromatic N) is 21. The molecule has 10 aromatic rings. The van der Waals surface area contributed by atoms with Gasteiger partial charge in [-0.25, -0.2) is 63.1 Å². The number of aliphatic imine (C=N–C) groups is 9. The van der Waals surface area contributed by atoms with Gasteiger partial charge in [0.15, 0.2) is 0 Å². The molecule has 0 amide bonds. The van der Waals surface area contributed by atoms with E-state index in [1.807, 2.05) is 5.01 Å². The van der Waals surface area contributed by atoms with E-state index in [9.17, 15) is 63.1 Å². The third-order valence-electron chi connectivity index (χ3n) is 16.6. The average molecular weight is 2080 g/mol. The fourth-order valence-electron chi connectivity index (χ4n) is 10.1. The van der Waals surface area contributed by atoms with Crippen molar-refractivity contribution in [3.8, 4) is 0 Å². The van der Waals surface area contributed by atoms with Gasteiger partial charge in [-0.15, -0.1) is 0 Å². The Morgan fingerprint density at radius 1 is 0.247 bits per heavy atom. The van der Waals surface area contributed by atoms with Crippen molar-refractivity contribution in [1.29, 1.82) is 0 Å². The minimum Gasteiger partial charge on any atom is -0.478 e. The van der Waals surface area contributed by atoms with Crippen LogP contribution in [-0.2, 0) is 14.2 Å². The van der Waals surface area contributed by atoms with Gasteiger partial charge in [-0.05, 0) is 177 Å². The molecule has 150 heavy (non-hydrogen) atoms. The van der Waals surface area contributed by atoms with Crippen LogP contribution in [0.1, 0.15) is 60.7 Å². The molecule has 0 saturated carbocycles. The van der Waals surface area contributed by atoms with Gasteiger partial charge in [0.2, 0.25) is 0 Å². The number of aromatic carboxylic acids is 1. The van der Waals surface area contributed by atoms with Crippen LogP contribution in [0.5, 0.6) is 0 Å². The second-order valence-corrected chi connectivity index (χ2v) is 27.3. The van der Waals surface area contributed by atoms with E-state index in [4.69, 9.17) is 5.11 Å². The molecule has 1 heterocycles. The molecule has 0 aromatic heterocycles. The Labute approximate surface area is 859 Å². The van der Waals surface area contributed by atoms with Crippen LogP contribution in [0, 0.1) is 58.2 Å². The van der Waals surface area contributed by atoms with Crippen molar-refractivity contribution < 1.29 is 82.4 Å². The van der Waals surface area contributed by atoms with Crippen molar-refractivity contribution in [3.63, 3.8) is 0 Å². The van der Waals surface area contributed by atoms with Gasteiger partial charge in [0.05, 0.1) is 147 Å². The number of halogens is 10. The Hall–Kier alpha value is -19.4. The lowest BCUT2D eigenvalue weighted by Crippen LogP contribution is -2.24. The van der Waals surface area contributed by atoms with Crippen LogP contribution >= 0.6 is 0 Å². The first kappa shape index (κ1) is 127. The van der Waals surface area contributed by atoms with E-state index in [1.165, 1.54) is 292 Å². The Bertz CT molecular complexity index is 5750. The Morgan fingerprint density at radius 3 is 0.613 bits per heavy atom. The summed E-state index contributed by atoms with van der Waals surface area (Å²) in [5, 5.41) is 52.9. The lowest BCUT2D eigenvalue weighted by molar-refractivity contribution is 0.0587. The highest BCUT2D eigenvalue weighted by Gasteiger charge is 2.20. The Balaban J connectivity index is 0.000000564. The topological polar surface area (TPSA) is 487 Å². The molecule has 0 radical (unpaired) electrons. The lowest BCUT2D eigenvalue weighted by atomic mass is 10.1. The highest BCUT2D eigenvalue weighted by Crippen LogP contribution is 2.25. The fourth-order valence-corrected chi connectivity index (χ4v) is 10.1. The van der Waals surface area contributed by atoms with Gasteiger partial charge in [-0.1, -0.05) is 60.7 Å². The summed E-state index contributed by atoms with van der Waals surface area (Å²) in [4.78, 5) is 78.0. The van der Waals surface area contributed by atoms with Crippen molar-refractivity contribution in [1.82, 2.24) is 5.01 Å². The van der Waals surface area contributed by atoms with Crippen molar-refractivity contribution >= 4 is 205 Å². The fraction of sp³-hybridized carbons (Fsp3) is 0.168. The number of carboxylic acids is 1. The first-order chi connectivity index (χ1) is 72.7. The summed E-state index contributed by atoms with van der Waals surface area (Å²) in [5.41, 5.74) is 29.6. The number of carboxylic acid groups (broad SMARTS) is 1. The zero-order chi connectivity index (χ0) is 110. The molecule has 0 atom stereocenters. The third kappa shape index (κ3) is 58.9. The van der Waals surface area contributed by atoms with Crippen molar-refractivity contribution in [2.45, 2.75) is 19.3 Å². The van der Waals surface area contributed by atoms with Crippen LogP contribution in [0.25, 0.3) is 0 Å².